The summed E-state index contributed by atoms with van der Waals surface area (Å²) < 4.78 is 46.5. The molecule has 4 rings (SSSR count). The second-order valence-electron chi connectivity index (χ2n) is 7.25. The van der Waals surface area contributed by atoms with E-state index in [0.717, 1.165) is 18.9 Å². The number of unbranched alkanes of at least 4 members (excludes halogenated alkanes) is 1. The van der Waals surface area contributed by atoms with Crippen molar-refractivity contribution in [3.8, 4) is 17.1 Å². The zero-order chi connectivity index (χ0) is 23.1. The van der Waals surface area contributed by atoms with Gasteiger partial charge in [0, 0.05) is 23.5 Å². The van der Waals surface area contributed by atoms with E-state index in [-0.39, 0.29) is 18.0 Å². The van der Waals surface area contributed by atoms with E-state index in [1.54, 1.807) is 30.0 Å². The van der Waals surface area contributed by atoms with Crippen molar-refractivity contribution in [3.05, 3.63) is 83.6 Å². The maximum absolute atomic E-state index is 13.7. The average molecular weight is 471 g/mol. The maximum atomic E-state index is 13.7. The van der Waals surface area contributed by atoms with Crippen molar-refractivity contribution < 1.29 is 17.9 Å². The van der Waals surface area contributed by atoms with Gasteiger partial charge in [0.15, 0.2) is 5.13 Å². The Kier molecular flexibility index (Phi) is 7.19. The van der Waals surface area contributed by atoms with Gasteiger partial charge < -0.3 is 10.1 Å². The topological polar surface area (TPSA) is 59.9 Å². The Labute approximate surface area is 193 Å². The maximum Gasteiger partial charge on any atom is 0.420 e. The first-order valence-corrected chi connectivity index (χ1v) is 11.2. The normalized spacial score (nSPS) is 11.4. The van der Waals surface area contributed by atoms with E-state index in [2.05, 4.69) is 20.3 Å². The van der Waals surface area contributed by atoms with Crippen LogP contribution in [0.1, 0.15) is 24.0 Å². The standard InChI is InChI=1S/C24H21F3N4OS/c25-24(26,27)19-14-18(30-23-31-21(16-33-23)20-15-28-11-12-29-20)9-10-22(19)32-13-5-4-8-17-6-2-1-3-7-17/h1-3,6-7,9-12,14-16H,4-5,8,13H2,(H,30,31). The number of aryl methyl sites for hydroxylation is 1. The number of hydrogen-bond acceptors (Lipinski definition) is 6. The van der Waals surface area contributed by atoms with Gasteiger partial charge in [-0.25, -0.2) is 4.98 Å². The minimum atomic E-state index is -4.54. The Morgan fingerprint density at radius 1 is 0.970 bits per heavy atom. The summed E-state index contributed by atoms with van der Waals surface area (Å²) in [5, 5.41) is 5.16. The Morgan fingerprint density at radius 3 is 2.58 bits per heavy atom. The number of nitrogens with zero attached hydrogens (tertiary/aromatic N) is 3. The molecule has 33 heavy (non-hydrogen) atoms. The van der Waals surface area contributed by atoms with Crippen molar-refractivity contribution in [2.45, 2.75) is 25.4 Å². The van der Waals surface area contributed by atoms with Crippen LogP contribution in [0.15, 0.2) is 72.5 Å². The van der Waals surface area contributed by atoms with E-state index >= 15 is 0 Å². The number of hydrogen-bond donors (Lipinski definition) is 1. The van der Waals surface area contributed by atoms with Crippen LogP contribution < -0.4 is 10.1 Å². The molecule has 2 heterocycles. The summed E-state index contributed by atoms with van der Waals surface area (Å²) in [7, 11) is 0. The minimum Gasteiger partial charge on any atom is -0.493 e. The number of halogens is 3. The zero-order valence-corrected chi connectivity index (χ0v) is 18.4. The Bertz CT molecular complexity index is 1170. The van der Waals surface area contributed by atoms with Gasteiger partial charge in [-0.1, -0.05) is 30.3 Å². The van der Waals surface area contributed by atoms with Crippen LogP contribution in [0, 0.1) is 0 Å². The largest absolute Gasteiger partial charge is 0.493 e. The van der Waals surface area contributed by atoms with E-state index < -0.39 is 11.7 Å². The van der Waals surface area contributed by atoms with Crippen LogP contribution in [0.2, 0.25) is 0 Å². The SMILES string of the molecule is FC(F)(F)c1cc(Nc2nc(-c3cnccn3)cs2)ccc1OCCCCc1ccccc1. The lowest BCUT2D eigenvalue weighted by atomic mass is 10.1. The highest BCUT2D eigenvalue weighted by Gasteiger charge is 2.34. The number of thiazole rings is 1. The summed E-state index contributed by atoms with van der Waals surface area (Å²) in [6, 6.07) is 13.9. The number of aromatic nitrogens is 3. The lowest BCUT2D eigenvalue weighted by Crippen LogP contribution is -2.10. The zero-order valence-electron chi connectivity index (χ0n) is 17.5. The molecule has 0 aliphatic heterocycles. The third-order valence-corrected chi connectivity index (χ3v) is 5.58. The molecule has 0 aliphatic carbocycles. The monoisotopic (exact) mass is 470 g/mol. The second kappa shape index (κ2) is 10.4. The fourth-order valence-electron chi connectivity index (χ4n) is 3.22. The molecule has 170 valence electrons. The van der Waals surface area contributed by atoms with Crippen LogP contribution in [-0.2, 0) is 12.6 Å². The quantitative estimate of drug-likeness (QED) is 0.274. The smallest absolute Gasteiger partial charge is 0.420 e. The molecule has 0 amide bonds. The highest BCUT2D eigenvalue weighted by molar-refractivity contribution is 7.14. The van der Waals surface area contributed by atoms with Gasteiger partial charge in [-0.3, -0.25) is 9.97 Å². The molecule has 2 aromatic heterocycles. The first-order valence-electron chi connectivity index (χ1n) is 10.4. The van der Waals surface area contributed by atoms with Crippen molar-refractivity contribution in [3.63, 3.8) is 0 Å². The summed E-state index contributed by atoms with van der Waals surface area (Å²) in [5.41, 5.74) is 1.85. The van der Waals surface area contributed by atoms with Gasteiger partial charge in [-0.15, -0.1) is 11.3 Å². The van der Waals surface area contributed by atoms with E-state index in [4.69, 9.17) is 4.74 Å². The minimum absolute atomic E-state index is 0.174. The van der Waals surface area contributed by atoms with Crippen LogP contribution >= 0.6 is 11.3 Å². The van der Waals surface area contributed by atoms with Gasteiger partial charge in [-0.2, -0.15) is 13.2 Å². The molecule has 0 unspecified atom stereocenters. The van der Waals surface area contributed by atoms with Gasteiger partial charge in [0.1, 0.15) is 17.1 Å². The predicted molar refractivity (Wildman–Crippen MR) is 123 cm³/mol. The predicted octanol–water partition coefficient (Wildman–Crippen LogP) is 6.76. The highest BCUT2D eigenvalue weighted by Crippen LogP contribution is 2.39. The molecule has 2 aromatic carbocycles. The third-order valence-electron chi connectivity index (χ3n) is 4.83. The molecule has 9 heteroatoms. The van der Waals surface area contributed by atoms with Gasteiger partial charge in [0.2, 0.25) is 0 Å². The number of anilines is 2. The van der Waals surface area contributed by atoms with E-state index in [9.17, 15) is 13.2 Å². The number of nitrogens with one attached hydrogen (secondary N) is 1. The molecule has 0 saturated heterocycles. The van der Waals surface area contributed by atoms with Crippen molar-refractivity contribution >= 4 is 22.2 Å². The number of alkyl halides is 3. The van der Waals surface area contributed by atoms with Crippen LogP contribution in [0.5, 0.6) is 5.75 Å². The molecule has 5 nitrogen and oxygen atoms in total. The summed E-state index contributed by atoms with van der Waals surface area (Å²) in [5.74, 6) is -0.174. The molecule has 0 radical (unpaired) electrons. The molecule has 0 fully saturated rings. The number of ether oxygens (including phenoxy) is 1. The van der Waals surface area contributed by atoms with E-state index in [1.165, 1.54) is 23.0 Å². The number of benzene rings is 2. The summed E-state index contributed by atoms with van der Waals surface area (Å²) >= 11 is 1.27. The number of rotatable bonds is 9. The summed E-state index contributed by atoms with van der Waals surface area (Å²) in [6.07, 6.45) is 2.51. The summed E-state index contributed by atoms with van der Waals surface area (Å²) in [6.45, 7) is 0.219. The molecule has 4 aromatic rings. The first kappa shape index (κ1) is 22.7. The van der Waals surface area contributed by atoms with Crippen LogP contribution in [0.4, 0.5) is 24.0 Å². The molecule has 0 bridgehead atoms. The Morgan fingerprint density at radius 2 is 1.82 bits per heavy atom. The van der Waals surface area contributed by atoms with Crippen molar-refractivity contribution in [2.24, 2.45) is 0 Å². The second-order valence-corrected chi connectivity index (χ2v) is 8.11. The van der Waals surface area contributed by atoms with Crippen LogP contribution in [0.3, 0.4) is 0 Å². The third kappa shape index (κ3) is 6.29. The molecule has 0 spiro atoms. The molecule has 1 N–H and O–H groups in total. The van der Waals surface area contributed by atoms with Crippen molar-refractivity contribution in [1.82, 2.24) is 15.0 Å². The van der Waals surface area contributed by atoms with Crippen molar-refractivity contribution in [2.75, 3.05) is 11.9 Å². The molecule has 0 saturated carbocycles. The van der Waals surface area contributed by atoms with E-state index in [1.807, 2.05) is 30.3 Å². The molecular formula is C24H21F3N4OS. The lowest BCUT2D eigenvalue weighted by molar-refractivity contribution is -0.138. The lowest BCUT2D eigenvalue weighted by Gasteiger charge is -2.15. The molecule has 0 aliphatic rings. The van der Waals surface area contributed by atoms with Gasteiger partial charge >= 0.3 is 6.18 Å². The first-order chi connectivity index (χ1) is 16.0. The average Bonchev–Trinajstić information content (AvgIpc) is 3.29. The van der Waals surface area contributed by atoms with Crippen molar-refractivity contribution in [1.29, 1.82) is 0 Å². The Balaban J connectivity index is 1.39. The van der Waals surface area contributed by atoms with E-state index in [0.29, 0.717) is 22.9 Å². The van der Waals surface area contributed by atoms with Gasteiger partial charge in [0.05, 0.1) is 18.4 Å². The van der Waals surface area contributed by atoms with Crippen LogP contribution in [-0.4, -0.2) is 21.6 Å². The molecular weight excluding hydrogens is 449 g/mol. The fourth-order valence-corrected chi connectivity index (χ4v) is 3.94. The molecule has 0 atom stereocenters. The van der Waals surface area contributed by atoms with Gasteiger partial charge in [-0.05, 0) is 43.0 Å². The fraction of sp³-hybridized carbons (Fsp3) is 0.208. The summed E-state index contributed by atoms with van der Waals surface area (Å²) in [4.78, 5) is 12.5. The highest BCUT2D eigenvalue weighted by atomic mass is 32.1. The van der Waals surface area contributed by atoms with Gasteiger partial charge in [0.25, 0.3) is 0 Å². The van der Waals surface area contributed by atoms with Crippen LogP contribution in [0.25, 0.3) is 11.4 Å². The Hall–Kier alpha value is -3.46.